The Hall–Kier alpha value is -1.17. The average Bonchev–Trinajstić information content (AvgIpc) is 1.96. The monoisotopic (exact) mass is 232 g/mol. The summed E-state index contributed by atoms with van der Waals surface area (Å²) in [6.45, 7) is 1.20. The van der Waals surface area contributed by atoms with Crippen molar-refractivity contribution in [3.05, 3.63) is 21.2 Å². The highest BCUT2D eigenvalue weighted by atomic mass is 79.9. The van der Waals surface area contributed by atoms with E-state index < -0.39 is 11.5 Å². The molecule has 1 N–H and O–H groups in total. The molecule has 0 amide bonds. The quantitative estimate of drug-likeness (QED) is 0.715. The molecule has 1 heterocycles. The maximum Gasteiger partial charge on any atom is 0.311 e. The lowest BCUT2D eigenvalue weighted by Gasteiger charge is -1.97. The number of carbonyl (C=O) groups excluding carboxylic acids is 1. The van der Waals surface area contributed by atoms with E-state index in [4.69, 9.17) is 0 Å². The Morgan fingerprint density at radius 3 is 3.00 bits per heavy atom. The number of aromatic nitrogens is 2. The standard InChI is InChI=1S/C6H5BrN2O3/c1-3(10)12-6-5(11)8-2-4(7)9-6/h2H,1H3,(H,8,11). The first kappa shape index (κ1) is 8.92. The number of nitrogens with zero attached hydrogens (tertiary/aromatic N) is 1. The molecule has 1 rings (SSSR count). The van der Waals surface area contributed by atoms with E-state index in [0.717, 1.165) is 0 Å². The van der Waals surface area contributed by atoms with E-state index in [0.29, 0.717) is 4.60 Å². The van der Waals surface area contributed by atoms with Gasteiger partial charge in [0.05, 0.1) is 0 Å². The number of ether oxygens (including phenoxy) is 1. The lowest BCUT2D eigenvalue weighted by atomic mass is 10.7. The third-order valence-corrected chi connectivity index (χ3v) is 1.37. The van der Waals surface area contributed by atoms with Crippen LogP contribution in [0.25, 0.3) is 0 Å². The molecule has 12 heavy (non-hydrogen) atoms. The van der Waals surface area contributed by atoms with Crippen molar-refractivity contribution in [1.82, 2.24) is 9.97 Å². The molecule has 1 aromatic heterocycles. The highest BCUT2D eigenvalue weighted by molar-refractivity contribution is 9.10. The lowest BCUT2D eigenvalue weighted by molar-refractivity contribution is -0.132. The van der Waals surface area contributed by atoms with Gasteiger partial charge in [-0.05, 0) is 15.9 Å². The fraction of sp³-hybridized carbons (Fsp3) is 0.167. The second-order valence-electron chi connectivity index (χ2n) is 1.95. The molecule has 0 unspecified atom stereocenters. The van der Waals surface area contributed by atoms with Gasteiger partial charge < -0.3 is 9.72 Å². The van der Waals surface area contributed by atoms with Gasteiger partial charge in [-0.15, -0.1) is 0 Å². The van der Waals surface area contributed by atoms with Gasteiger partial charge in [-0.25, -0.2) is 0 Å². The van der Waals surface area contributed by atoms with Crippen molar-refractivity contribution in [1.29, 1.82) is 0 Å². The number of H-pyrrole nitrogens is 1. The van der Waals surface area contributed by atoms with Crippen LogP contribution in [0.1, 0.15) is 6.92 Å². The summed E-state index contributed by atoms with van der Waals surface area (Å²) in [6, 6.07) is 0. The molecule has 0 radical (unpaired) electrons. The first-order valence-corrected chi connectivity index (χ1v) is 3.82. The van der Waals surface area contributed by atoms with Crippen LogP contribution in [0.2, 0.25) is 0 Å². The van der Waals surface area contributed by atoms with Crippen molar-refractivity contribution in [3.63, 3.8) is 0 Å². The van der Waals surface area contributed by atoms with E-state index in [2.05, 4.69) is 30.6 Å². The summed E-state index contributed by atoms with van der Waals surface area (Å²) >= 11 is 3.01. The molecule has 0 atom stereocenters. The third kappa shape index (κ3) is 2.16. The van der Waals surface area contributed by atoms with Crippen molar-refractivity contribution in [2.75, 3.05) is 0 Å². The van der Waals surface area contributed by atoms with Crippen LogP contribution in [-0.2, 0) is 4.79 Å². The summed E-state index contributed by atoms with van der Waals surface area (Å²) in [5.74, 6) is -0.831. The fourth-order valence-corrected chi connectivity index (χ4v) is 0.848. The van der Waals surface area contributed by atoms with E-state index in [1.807, 2.05) is 0 Å². The zero-order valence-electron chi connectivity index (χ0n) is 6.13. The highest BCUT2D eigenvalue weighted by Crippen LogP contribution is 2.05. The Balaban J connectivity index is 3.06. The van der Waals surface area contributed by atoms with E-state index in [1.165, 1.54) is 13.1 Å². The molecule has 5 nitrogen and oxygen atoms in total. The largest absolute Gasteiger partial charge is 0.402 e. The van der Waals surface area contributed by atoms with Crippen LogP contribution < -0.4 is 10.3 Å². The fourth-order valence-electron chi connectivity index (χ4n) is 0.572. The molecular formula is C6H5BrN2O3. The molecule has 0 aliphatic heterocycles. The number of hydrogen-bond acceptors (Lipinski definition) is 4. The molecular weight excluding hydrogens is 228 g/mol. The van der Waals surface area contributed by atoms with E-state index in [1.54, 1.807) is 0 Å². The number of esters is 1. The van der Waals surface area contributed by atoms with Crippen molar-refractivity contribution in [2.24, 2.45) is 0 Å². The van der Waals surface area contributed by atoms with Crippen molar-refractivity contribution in [3.8, 4) is 5.88 Å². The lowest BCUT2D eigenvalue weighted by Crippen LogP contribution is -2.15. The summed E-state index contributed by atoms with van der Waals surface area (Å²) < 4.78 is 4.90. The number of carbonyl (C=O) groups is 1. The molecule has 64 valence electrons. The van der Waals surface area contributed by atoms with Gasteiger partial charge in [0.2, 0.25) is 0 Å². The second-order valence-corrected chi connectivity index (χ2v) is 2.76. The van der Waals surface area contributed by atoms with Crippen LogP contribution in [0.3, 0.4) is 0 Å². The predicted octanol–water partition coefficient (Wildman–Crippen LogP) is 0.458. The zero-order chi connectivity index (χ0) is 9.14. The van der Waals surface area contributed by atoms with E-state index >= 15 is 0 Å². The Morgan fingerprint density at radius 1 is 1.75 bits per heavy atom. The summed E-state index contributed by atoms with van der Waals surface area (Å²) in [5, 5.41) is 0. The SMILES string of the molecule is CC(=O)Oc1nc(Br)c[nH]c1=O. The summed E-state index contributed by atoms with van der Waals surface area (Å²) in [7, 11) is 0. The van der Waals surface area contributed by atoms with Crippen LogP contribution in [0, 0.1) is 0 Å². The van der Waals surface area contributed by atoms with Crippen LogP contribution >= 0.6 is 15.9 Å². The number of rotatable bonds is 1. The van der Waals surface area contributed by atoms with Gasteiger partial charge in [-0.3, -0.25) is 9.59 Å². The molecule has 0 spiro atoms. The Kier molecular flexibility index (Phi) is 2.59. The van der Waals surface area contributed by atoms with Crippen LogP contribution in [0.15, 0.2) is 15.6 Å². The topological polar surface area (TPSA) is 72.0 Å². The molecule has 0 aromatic carbocycles. The van der Waals surface area contributed by atoms with Crippen molar-refractivity contribution in [2.45, 2.75) is 6.92 Å². The second kappa shape index (κ2) is 3.48. The van der Waals surface area contributed by atoms with Gasteiger partial charge >= 0.3 is 11.5 Å². The van der Waals surface area contributed by atoms with Crippen LogP contribution in [0.4, 0.5) is 0 Å². The maximum atomic E-state index is 10.9. The van der Waals surface area contributed by atoms with Crippen molar-refractivity contribution < 1.29 is 9.53 Å². The summed E-state index contributed by atoms with van der Waals surface area (Å²) in [6.07, 6.45) is 1.36. The van der Waals surface area contributed by atoms with Gasteiger partial charge in [0.25, 0.3) is 5.88 Å². The highest BCUT2D eigenvalue weighted by Gasteiger charge is 2.05. The normalized spacial score (nSPS) is 9.50. The Bertz CT molecular complexity index is 360. The summed E-state index contributed by atoms with van der Waals surface area (Å²) in [5.41, 5.74) is -0.534. The first-order valence-electron chi connectivity index (χ1n) is 3.03. The maximum absolute atomic E-state index is 10.9. The van der Waals surface area contributed by atoms with Gasteiger partial charge in [-0.2, -0.15) is 4.98 Å². The van der Waals surface area contributed by atoms with Crippen LogP contribution in [0.5, 0.6) is 5.88 Å². The molecule has 0 saturated carbocycles. The third-order valence-electron chi connectivity index (χ3n) is 0.965. The Labute approximate surface area is 75.9 Å². The molecule has 0 bridgehead atoms. The molecule has 0 aliphatic carbocycles. The minimum Gasteiger partial charge on any atom is -0.402 e. The van der Waals surface area contributed by atoms with Gasteiger partial charge in [0.15, 0.2) is 0 Å². The smallest absolute Gasteiger partial charge is 0.311 e. The predicted molar refractivity (Wildman–Crippen MR) is 43.9 cm³/mol. The van der Waals surface area contributed by atoms with Crippen molar-refractivity contribution >= 4 is 21.9 Å². The van der Waals surface area contributed by atoms with Gasteiger partial charge in [0.1, 0.15) is 4.60 Å². The molecule has 1 aromatic rings. The van der Waals surface area contributed by atoms with Gasteiger partial charge in [0, 0.05) is 13.1 Å². The molecule has 0 aliphatic rings. The van der Waals surface area contributed by atoms with E-state index in [9.17, 15) is 9.59 Å². The Morgan fingerprint density at radius 2 is 2.42 bits per heavy atom. The molecule has 0 fully saturated rings. The number of hydrogen-bond donors (Lipinski definition) is 1. The minimum absolute atomic E-state index is 0.253. The van der Waals surface area contributed by atoms with E-state index in [-0.39, 0.29) is 5.88 Å². The number of aromatic amines is 1. The molecule has 6 heteroatoms. The first-order chi connectivity index (χ1) is 5.59. The summed E-state index contributed by atoms with van der Waals surface area (Å²) in [4.78, 5) is 27.3. The average molecular weight is 233 g/mol. The van der Waals surface area contributed by atoms with Gasteiger partial charge in [-0.1, -0.05) is 0 Å². The number of halogens is 1. The van der Waals surface area contributed by atoms with Crippen LogP contribution in [-0.4, -0.2) is 15.9 Å². The molecule has 0 saturated heterocycles. The zero-order valence-corrected chi connectivity index (χ0v) is 7.71. The minimum atomic E-state index is -0.578. The number of nitrogens with one attached hydrogen (secondary N) is 1.